The van der Waals surface area contributed by atoms with Gasteiger partial charge in [-0.05, 0) is 43.3 Å². The van der Waals surface area contributed by atoms with Crippen molar-refractivity contribution in [1.29, 1.82) is 0 Å². The van der Waals surface area contributed by atoms with Gasteiger partial charge in [-0.15, -0.1) is 0 Å². The molecule has 0 unspecified atom stereocenters. The first-order valence-corrected chi connectivity index (χ1v) is 10.3. The standard InChI is InChI=1S/C23H18F3N7O/c1-13-3-4-14(10-27-13)20-21-18(7-8-19(29-21)28-12-23(24,25)26)31-33(22(20)34)16-5-6-17-15(9-16)11-32(2)30-17/h3-11H,12H2,1-2H3,(H,28,29). The average molecular weight is 465 g/mol. The van der Waals surface area contributed by atoms with E-state index in [1.807, 2.05) is 13.1 Å². The third-order valence-corrected chi connectivity index (χ3v) is 5.24. The summed E-state index contributed by atoms with van der Waals surface area (Å²) >= 11 is 0. The first-order chi connectivity index (χ1) is 16.2. The Morgan fingerprint density at radius 3 is 2.56 bits per heavy atom. The summed E-state index contributed by atoms with van der Waals surface area (Å²) in [5.41, 5.74) is 2.78. The molecule has 0 atom stereocenters. The van der Waals surface area contributed by atoms with Crippen molar-refractivity contribution in [2.45, 2.75) is 13.1 Å². The fraction of sp³-hybridized carbons (Fsp3) is 0.174. The molecule has 0 aliphatic rings. The van der Waals surface area contributed by atoms with Gasteiger partial charge in [-0.2, -0.15) is 28.1 Å². The van der Waals surface area contributed by atoms with Crippen molar-refractivity contribution in [1.82, 2.24) is 29.5 Å². The van der Waals surface area contributed by atoms with Crippen molar-refractivity contribution in [2.75, 3.05) is 11.9 Å². The maximum absolute atomic E-state index is 13.6. The molecule has 172 valence electrons. The summed E-state index contributed by atoms with van der Waals surface area (Å²) in [5.74, 6) is -0.0122. The Bertz CT molecular complexity index is 1590. The summed E-state index contributed by atoms with van der Waals surface area (Å²) in [4.78, 5) is 22.2. The van der Waals surface area contributed by atoms with Gasteiger partial charge < -0.3 is 5.32 Å². The molecule has 5 rings (SSSR count). The van der Waals surface area contributed by atoms with Crippen molar-refractivity contribution in [2.24, 2.45) is 7.05 Å². The molecule has 0 bridgehead atoms. The van der Waals surface area contributed by atoms with Gasteiger partial charge in [0.1, 0.15) is 23.4 Å². The lowest BCUT2D eigenvalue weighted by Gasteiger charge is -2.13. The van der Waals surface area contributed by atoms with Crippen LogP contribution in [-0.2, 0) is 7.05 Å². The van der Waals surface area contributed by atoms with Crippen LogP contribution in [0.2, 0.25) is 0 Å². The molecule has 4 aromatic heterocycles. The second kappa shape index (κ2) is 7.94. The lowest BCUT2D eigenvalue weighted by Crippen LogP contribution is -2.24. The van der Waals surface area contributed by atoms with E-state index in [0.717, 1.165) is 16.6 Å². The van der Waals surface area contributed by atoms with Crippen LogP contribution in [0.15, 0.2) is 59.7 Å². The molecule has 1 aromatic carbocycles. The quantitative estimate of drug-likeness (QED) is 0.431. The van der Waals surface area contributed by atoms with Crippen LogP contribution in [0.5, 0.6) is 0 Å². The van der Waals surface area contributed by atoms with Gasteiger partial charge in [-0.25, -0.2) is 4.98 Å². The Morgan fingerprint density at radius 1 is 1.03 bits per heavy atom. The smallest absolute Gasteiger partial charge is 0.361 e. The van der Waals surface area contributed by atoms with E-state index in [2.05, 4.69) is 25.5 Å². The molecule has 0 fully saturated rings. The highest BCUT2D eigenvalue weighted by molar-refractivity contribution is 5.91. The molecule has 0 radical (unpaired) electrons. The number of fused-ring (bicyclic) bond motifs is 2. The molecule has 11 heteroatoms. The van der Waals surface area contributed by atoms with Crippen LogP contribution in [0.4, 0.5) is 19.0 Å². The van der Waals surface area contributed by atoms with Gasteiger partial charge in [0.15, 0.2) is 0 Å². The number of aromatic nitrogens is 6. The second-order valence-electron chi connectivity index (χ2n) is 7.86. The Hall–Kier alpha value is -4.28. The molecule has 0 spiro atoms. The SMILES string of the molecule is Cc1ccc(-c2c(=O)n(-c3ccc4nn(C)cc4c3)nc3ccc(NCC(F)(F)F)nc23)cn1. The second-order valence-corrected chi connectivity index (χ2v) is 7.86. The number of hydrogen-bond acceptors (Lipinski definition) is 6. The Kier molecular flexibility index (Phi) is 5.03. The topological polar surface area (TPSA) is 90.5 Å². The summed E-state index contributed by atoms with van der Waals surface area (Å²) in [6, 6.07) is 11.7. The number of alkyl halides is 3. The fourth-order valence-electron chi connectivity index (χ4n) is 3.69. The molecule has 8 nitrogen and oxygen atoms in total. The third kappa shape index (κ3) is 4.07. The maximum atomic E-state index is 13.6. The molecule has 34 heavy (non-hydrogen) atoms. The predicted molar refractivity (Wildman–Crippen MR) is 122 cm³/mol. The van der Waals surface area contributed by atoms with Gasteiger partial charge in [-0.1, -0.05) is 6.07 Å². The highest BCUT2D eigenvalue weighted by Crippen LogP contribution is 2.26. The number of rotatable bonds is 4. The number of hydrogen-bond donors (Lipinski definition) is 1. The van der Waals surface area contributed by atoms with Crippen molar-refractivity contribution in [3.8, 4) is 16.8 Å². The number of nitrogens with one attached hydrogen (secondary N) is 1. The van der Waals surface area contributed by atoms with Gasteiger partial charge in [0, 0.05) is 36.1 Å². The Morgan fingerprint density at radius 2 is 1.82 bits per heavy atom. The van der Waals surface area contributed by atoms with Crippen LogP contribution in [0.1, 0.15) is 5.69 Å². The first-order valence-electron chi connectivity index (χ1n) is 10.3. The molecule has 0 aliphatic heterocycles. The van der Waals surface area contributed by atoms with Crippen LogP contribution in [0.3, 0.4) is 0 Å². The summed E-state index contributed by atoms with van der Waals surface area (Å²) in [5, 5.41) is 11.9. The summed E-state index contributed by atoms with van der Waals surface area (Å²) in [6.07, 6.45) is -1.04. The number of aryl methyl sites for hydroxylation is 2. The molecule has 0 amide bonds. The highest BCUT2D eigenvalue weighted by Gasteiger charge is 2.27. The van der Waals surface area contributed by atoms with Gasteiger partial charge in [-0.3, -0.25) is 14.5 Å². The first kappa shape index (κ1) is 21.6. The van der Waals surface area contributed by atoms with Crippen molar-refractivity contribution in [3.05, 3.63) is 70.9 Å². The Labute approximate surface area is 190 Å². The minimum absolute atomic E-state index is 0.0122. The summed E-state index contributed by atoms with van der Waals surface area (Å²) in [7, 11) is 1.80. The van der Waals surface area contributed by atoms with Crippen molar-refractivity contribution in [3.63, 3.8) is 0 Å². The number of anilines is 1. The van der Waals surface area contributed by atoms with E-state index >= 15 is 0 Å². The van der Waals surface area contributed by atoms with Crippen LogP contribution in [0, 0.1) is 6.92 Å². The lowest BCUT2D eigenvalue weighted by atomic mass is 10.1. The molecule has 0 saturated heterocycles. The monoisotopic (exact) mass is 465 g/mol. The summed E-state index contributed by atoms with van der Waals surface area (Å²) in [6.45, 7) is 0.565. The van der Waals surface area contributed by atoms with Crippen LogP contribution in [-0.4, -0.2) is 42.2 Å². The number of pyridine rings is 2. The molecule has 1 N–H and O–H groups in total. The third-order valence-electron chi connectivity index (χ3n) is 5.24. The minimum atomic E-state index is -4.41. The minimum Gasteiger partial charge on any atom is -0.361 e. The van der Waals surface area contributed by atoms with Crippen molar-refractivity contribution < 1.29 is 13.2 Å². The molecular weight excluding hydrogens is 447 g/mol. The van der Waals surface area contributed by atoms with Crippen molar-refractivity contribution >= 4 is 27.8 Å². The van der Waals surface area contributed by atoms with E-state index in [0.29, 0.717) is 16.8 Å². The molecule has 4 heterocycles. The van der Waals surface area contributed by atoms with Crippen LogP contribution < -0.4 is 10.9 Å². The fourth-order valence-corrected chi connectivity index (χ4v) is 3.69. The normalized spacial score (nSPS) is 11.9. The van der Waals surface area contributed by atoms with E-state index in [-0.39, 0.29) is 16.9 Å². The highest BCUT2D eigenvalue weighted by atomic mass is 19.4. The van der Waals surface area contributed by atoms with E-state index in [4.69, 9.17) is 0 Å². The lowest BCUT2D eigenvalue weighted by molar-refractivity contribution is -0.115. The Balaban J connectivity index is 1.73. The zero-order chi connectivity index (χ0) is 24.0. The number of nitrogens with zero attached hydrogens (tertiary/aromatic N) is 6. The number of benzene rings is 1. The van der Waals surface area contributed by atoms with Gasteiger partial charge in [0.05, 0.1) is 16.8 Å². The predicted octanol–water partition coefficient (Wildman–Crippen LogP) is 4.01. The number of halogens is 3. The zero-order valence-electron chi connectivity index (χ0n) is 18.1. The van der Waals surface area contributed by atoms with Crippen LogP contribution in [0.25, 0.3) is 38.8 Å². The maximum Gasteiger partial charge on any atom is 0.405 e. The molecule has 0 aliphatic carbocycles. The molecule has 5 aromatic rings. The van der Waals surface area contributed by atoms with E-state index in [9.17, 15) is 18.0 Å². The van der Waals surface area contributed by atoms with E-state index in [1.165, 1.54) is 23.0 Å². The van der Waals surface area contributed by atoms with Gasteiger partial charge >= 0.3 is 6.18 Å². The summed E-state index contributed by atoms with van der Waals surface area (Å²) < 4.78 is 41.0. The van der Waals surface area contributed by atoms with Crippen LogP contribution >= 0.6 is 0 Å². The van der Waals surface area contributed by atoms with E-state index in [1.54, 1.807) is 42.1 Å². The van der Waals surface area contributed by atoms with E-state index < -0.39 is 18.3 Å². The van der Waals surface area contributed by atoms with Gasteiger partial charge in [0.25, 0.3) is 5.56 Å². The zero-order valence-corrected chi connectivity index (χ0v) is 18.1. The molecule has 0 saturated carbocycles. The average Bonchev–Trinajstić information content (AvgIpc) is 3.17. The van der Waals surface area contributed by atoms with Gasteiger partial charge in [0.2, 0.25) is 0 Å². The largest absolute Gasteiger partial charge is 0.405 e. The molecular formula is C23H18F3N7O.